The summed E-state index contributed by atoms with van der Waals surface area (Å²) < 4.78 is 1.27. The molecular weight excluding hydrogens is 290 g/mol. The third-order valence-electron chi connectivity index (χ3n) is 4.11. The van der Waals surface area contributed by atoms with Gasteiger partial charge in [0.2, 0.25) is 0 Å². The van der Waals surface area contributed by atoms with Crippen molar-refractivity contribution in [3.05, 3.63) is 34.2 Å². The molecule has 1 aromatic carbocycles. The van der Waals surface area contributed by atoms with E-state index in [0.29, 0.717) is 12.5 Å². The molecule has 1 aliphatic heterocycles. The Bertz CT molecular complexity index is 581. The molecule has 2 nitrogen and oxygen atoms in total. The lowest BCUT2D eigenvalue weighted by Crippen LogP contribution is -2.35. The number of hydrogen-bond acceptors (Lipinski definition) is 3. The Morgan fingerprint density at radius 2 is 2.20 bits per heavy atom. The molecule has 1 saturated heterocycles. The van der Waals surface area contributed by atoms with Gasteiger partial charge in [0.15, 0.2) is 0 Å². The van der Waals surface area contributed by atoms with Crippen LogP contribution in [-0.4, -0.2) is 29.7 Å². The molecule has 0 amide bonds. The second-order valence-corrected chi connectivity index (χ2v) is 7.11. The summed E-state index contributed by atoms with van der Waals surface area (Å²) in [6.45, 7) is 3.49. The third kappa shape index (κ3) is 3.01. The summed E-state index contributed by atoms with van der Waals surface area (Å²) in [6.07, 6.45) is 3.40. The zero-order valence-corrected chi connectivity index (χ0v) is 13.1. The van der Waals surface area contributed by atoms with Gasteiger partial charge >= 0.3 is 0 Å². The van der Waals surface area contributed by atoms with E-state index in [1.807, 2.05) is 17.4 Å². The first kappa shape index (κ1) is 14.3. The quantitative estimate of drug-likeness (QED) is 0.917. The Hall–Kier alpha value is -0.610. The fraction of sp³-hybridized carbons (Fsp3) is 0.500. The lowest BCUT2D eigenvalue weighted by Gasteiger charge is -2.32. The molecule has 3 rings (SSSR count). The average molecular weight is 310 g/mol. The highest BCUT2D eigenvalue weighted by molar-refractivity contribution is 7.19. The normalized spacial score (nSPS) is 20.6. The smallest absolute Gasteiger partial charge is 0.0637 e. The van der Waals surface area contributed by atoms with E-state index in [-0.39, 0.29) is 0 Å². The van der Waals surface area contributed by atoms with Crippen LogP contribution in [0.15, 0.2) is 24.3 Å². The van der Waals surface area contributed by atoms with Crippen LogP contribution in [0.25, 0.3) is 10.1 Å². The van der Waals surface area contributed by atoms with Gasteiger partial charge in [-0.05, 0) is 37.8 Å². The third-order valence-corrected chi connectivity index (χ3v) is 5.81. The first-order valence-electron chi connectivity index (χ1n) is 7.27. The van der Waals surface area contributed by atoms with Gasteiger partial charge < -0.3 is 5.11 Å². The second kappa shape index (κ2) is 6.44. The molecule has 108 valence electrons. The SMILES string of the molecule is OCCC1CCCN(Cc2sc3ccccc3c2Cl)C1. The zero-order chi connectivity index (χ0) is 13.9. The Balaban J connectivity index is 1.74. The number of rotatable bonds is 4. The summed E-state index contributed by atoms with van der Waals surface area (Å²) in [6, 6.07) is 8.35. The van der Waals surface area contributed by atoms with Gasteiger partial charge in [0, 0.05) is 34.7 Å². The van der Waals surface area contributed by atoms with Gasteiger partial charge in [0.05, 0.1) is 5.02 Å². The van der Waals surface area contributed by atoms with Crippen molar-refractivity contribution in [2.24, 2.45) is 5.92 Å². The minimum atomic E-state index is 0.308. The van der Waals surface area contributed by atoms with E-state index < -0.39 is 0 Å². The van der Waals surface area contributed by atoms with Crippen molar-refractivity contribution in [3.63, 3.8) is 0 Å². The van der Waals surface area contributed by atoms with Gasteiger partial charge in [-0.3, -0.25) is 4.90 Å². The van der Waals surface area contributed by atoms with Crippen LogP contribution >= 0.6 is 22.9 Å². The number of halogens is 1. The summed E-state index contributed by atoms with van der Waals surface area (Å²) >= 11 is 8.33. The van der Waals surface area contributed by atoms with Gasteiger partial charge in [-0.15, -0.1) is 11.3 Å². The number of hydrogen-bond donors (Lipinski definition) is 1. The first-order chi connectivity index (χ1) is 9.78. The molecule has 20 heavy (non-hydrogen) atoms. The summed E-state index contributed by atoms with van der Waals surface area (Å²) in [5, 5.41) is 11.2. The molecule has 0 saturated carbocycles. The van der Waals surface area contributed by atoms with Crippen molar-refractivity contribution >= 4 is 33.0 Å². The highest BCUT2D eigenvalue weighted by Gasteiger charge is 2.21. The number of piperidine rings is 1. The fourth-order valence-electron chi connectivity index (χ4n) is 3.08. The van der Waals surface area contributed by atoms with E-state index in [2.05, 4.69) is 23.1 Å². The second-order valence-electron chi connectivity index (χ2n) is 5.59. The summed E-state index contributed by atoms with van der Waals surface area (Å²) in [5.74, 6) is 0.641. The van der Waals surface area contributed by atoms with E-state index in [0.717, 1.165) is 31.1 Å². The molecule has 1 N–H and O–H groups in total. The van der Waals surface area contributed by atoms with Crippen LogP contribution in [0, 0.1) is 5.92 Å². The van der Waals surface area contributed by atoms with Crippen LogP contribution in [0.2, 0.25) is 5.02 Å². The molecular formula is C16H20ClNOS. The van der Waals surface area contributed by atoms with Crippen LogP contribution in [0.1, 0.15) is 24.1 Å². The average Bonchev–Trinajstić information content (AvgIpc) is 2.77. The molecule has 0 radical (unpaired) electrons. The maximum atomic E-state index is 9.10. The predicted octanol–water partition coefficient (Wildman–Crippen LogP) is 4.15. The molecule has 0 bridgehead atoms. The largest absolute Gasteiger partial charge is 0.396 e. The molecule has 1 fully saturated rings. The highest BCUT2D eigenvalue weighted by Crippen LogP contribution is 2.36. The van der Waals surface area contributed by atoms with Crippen molar-refractivity contribution in [3.8, 4) is 0 Å². The first-order valence-corrected chi connectivity index (χ1v) is 8.46. The predicted molar refractivity (Wildman–Crippen MR) is 86.5 cm³/mol. The van der Waals surface area contributed by atoms with Gasteiger partial charge in [-0.2, -0.15) is 0 Å². The van der Waals surface area contributed by atoms with Gasteiger partial charge in [-0.1, -0.05) is 29.8 Å². The van der Waals surface area contributed by atoms with Crippen LogP contribution in [-0.2, 0) is 6.54 Å². The molecule has 2 heterocycles. The lowest BCUT2D eigenvalue weighted by atomic mass is 9.95. The Morgan fingerprint density at radius 1 is 1.35 bits per heavy atom. The number of likely N-dealkylation sites (tertiary alicyclic amines) is 1. The summed E-state index contributed by atoms with van der Waals surface area (Å²) in [4.78, 5) is 3.76. The Labute approximate surface area is 129 Å². The maximum Gasteiger partial charge on any atom is 0.0637 e. The molecule has 1 atom stereocenters. The lowest BCUT2D eigenvalue weighted by molar-refractivity contribution is 0.143. The van der Waals surface area contributed by atoms with Crippen molar-refractivity contribution in [1.82, 2.24) is 4.90 Å². The topological polar surface area (TPSA) is 23.5 Å². The van der Waals surface area contributed by atoms with E-state index in [1.54, 1.807) is 0 Å². The number of thiophene rings is 1. The fourth-order valence-corrected chi connectivity index (χ4v) is 4.62. The molecule has 1 aliphatic rings. The molecule has 1 aromatic heterocycles. The highest BCUT2D eigenvalue weighted by atomic mass is 35.5. The molecule has 1 unspecified atom stereocenters. The van der Waals surface area contributed by atoms with Crippen molar-refractivity contribution < 1.29 is 5.11 Å². The maximum absolute atomic E-state index is 9.10. The van der Waals surface area contributed by atoms with Gasteiger partial charge in [0.1, 0.15) is 0 Å². The van der Waals surface area contributed by atoms with Crippen molar-refractivity contribution in [2.45, 2.75) is 25.8 Å². The number of fused-ring (bicyclic) bond motifs is 1. The molecule has 0 aliphatic carbocycles. The summed E-state index contributed by atoms with van der Waals surface area (Å²) in [5.41, 5.74) is 0. The van der Waals surface area contributed by atoms with E-state index in [9.17, 15) is 0 Å². The molecule has 0 spiro atoms. The molecule has 2 aromatic rings. The van der Waals surface area contributed by atoms with Crippen LogP contribution in [0.5, 0.6) is 0 Å². The van der Waals surface area contributed by atoms with Crippen LogP contribution in [0.3, 0.4) is 0 Å². The van der Waals surface area contributed by atoms with Gasteiger partial charge in [-0.25, -0.2) is 0 Å². The van der Waals surface area contributed by atoms with Crippen molar-refractivity contribution in [2.75, 3.05) is 19.7 Å². The van der Waals surface area contributed by atoms with Crippen LogP contribution < -0.4 is 0 Å². The summed E-state index contributed by atoms with van der Waals surface area (Å²) in [7, 11) is 0. The number of nitrogens with zero attached hydrogens (tertiary/aromatic N) is 1. The zero-order valence-electron chi connectivity index (χ0n) is 11.5. The molecule has 4 heteroatoms. The minimum absolute atomic E-state index is 0.308. The monoisotopic (exact) mass is 309 g/mol. The van der Waals surface area contributed by atoms with Gasteiger partial charge in [0.25, 0.3) is 0 Å². The Kier molecular flexibility index (Phi) is 4.61. The van der Waals surface area contributed by atoms with E-state index >= 15 is 0 Å². The standard InChI is InChI=1S/C16H20ClNOS/c17-16-13-5-1-2-6-14(13)20-15(16)11-18-8-3-4-12(10-18)7-9-19/h1-2,5-6,12,19H,3-4,7-11H2. The number of aliphatic hydroxyl groups excluding tert-OH is 1. The van der Waals surface area contributed by atoms with Crippen molar-refractivity contribution in [1.29, 1.82) is 0 Å². The Morgan fingerprint density at radius 3 is 3.00 bits per heavy atom. The van der Waals surface area contributed by atoms with E-state index in [1.165, 1.54) is 27.8 Å². The minimum Gasteiger partial charge on any atom is -0.396 e. The van der Waals surface area contributed by atoms with E-state index in [4.69, 9.17) is 16.7 Å². The number of aliphatic hydroxyl groups is 1. The van der Waals surface area contributed by atoms with Crippen LogP contribution in [0.4, 0.5) is 0 Å². The number of benzene rings is 1.